The molecular weight excluding hydrogens is 246 g/mol. The SMILES string of the molecule is CC1CCCC(CN)(C(O)c2ccc(C(C)C)cc2)C1. The summed E-state index contributed by atoms with van der Waals surface area (Å²) >= 11 is 0. The van der Waals surface area contributed by atoms with Crippen molar-refractivity contribution in [1.82, 2.24) is 0 Å². The number of benzene rings is 1. The molecule has 3 N–H and O–H groups in total. The van der Waals surface area contributed by atoms with Crippen LogP contribution in [0.25, 0.3) is 0 Å². The molecule has 20 heavy (non-hydrogen) atoms. The van der Waals surface area contributed by atoms with Gasteiger partial charge in [-0.1, -0.05) is 57.9 Å². The van der Waals surface area contributed by atoms with Gasteiger partial charge in [-0.25, -0.2) is 0 Å². The molecule has 0 amide bonds. The van der Waals surface area contributed by atoms with Crippen LogP contribution in [0, 0.1) is 11.3 Å². The molecule has 1 saturated carbocycles. The van der Waals surface area contributed by atoms with Crippen molar-refractivity contribution in [3.8, 4) is 0 Å². The molecule has 0 aliphatic heterocycles. The summed E-state index contributed by atoms with van der Waals surface area (Å²) in [5.74, 6) is 1.19. The van der Waals surface area contributed by atoms with E-state index in [9.17, 15) is 5.11 Å². The molecule has 112 valence electrons. The highest BCUT2D eigenvalue weighted by molar-refractivity contribution is 5.27. The first-order valence-electron chi connectivity index (χ1n) is 7.96. The van der Waals surface area contributed by atoms with Crippen molar-refractivity contribution in [2.45, 2.75) is 58.5 Å². The first kappa shape index (κ1) is 15.5. The van der Waals surface area contributed by atoms with E-state index in [0.717, 1.165) is 18.4 Å². The molecule has 1 aliphatic rings. The summed E-state index contributed by atoms with van der Waals surface area (Å²) < 4.78 is 0. The Morgan fingerprint density at radius 1 is 1.25 bits per heavy atom. The summed E-state index contributed by atoms with van der Waals surface area (Å²) in [6.45, 7) is 7.23. The molecule has 2 rings (SSSR count). The van der Waals surface area contributed by atoms with Crippen LogP contribution in [0.3, 0.4) is 0 Å². The van der Waals surface area contributed by atoms with Crippen LogP contribution in [0.4, 0.5) is 0 Å². The maximum Gasteiger partial charge on any atom is 0.0858 e. The van der Waals surface area contributed by atoms with Crippen LogP contribution in [0.1, 0.15) is 69.6 Å². The van der Waals surface area contributed by atoms with Crippen molar-refractivity contribution in [3.05, 3.63) is 35.4 Å². The summed E-state index contributed by atoms with van der Waals surface area (Å²) in [5.41, 5.74) is 8.27. The summed E-state index contributed by atoms with van der Waals surface area (Å²) in [6, 6.07) is 8.44. The van der Waals surface area contributed by atoms with Gasteiger partial charge in [0, 0.05) is 12.0 Å². The summed E-state index contributed by atoms with van der Waals surface area (Å²) in [6.07, 6.45) is 4.09. The molecule has 0 aromatic heterocycles. The van der Waals surface area contributed by atoms with E-state index in [1.165, 1.54) is 18.4 Å². The third-order valence-electron chi connectivity index (χ3n) is 5.03. The van der Waals surface area contributed by atoms with E-state index in [0.29, 0.717) is 18.4 Å². The van der Waals surface area contributed by atoms with E-state index in [1.54, 1.807) is 0 Å². The smallest absolute Gasteiger partial charge is 0.0858 e. The molecule has 1 aromatic carbocycles. The minimum Gasteiger partial charge on any atom is -0.388 e. The van der Waals surface area contributed by atoms with Crippen LogP contribution in [0.2, 0.25) is 0 Å². The molecule has 1 aromatic rings. The number of rotatable bonds is 4. The third-order valence-corrected chi connectivity index (χ3v) is 5.03. The largest absolute Gasteiger partial charge is 0.388 e. The predicted molar refractivity (Wildman–Crippen MR) is 84.6 cm³/mol. The average Bonchev–Trinajstić information content (AvgIpc) is 2.46. The number of nitrogens with two attached hydrogens (primary N) is 1. The van der Waals surface area contributed by atoms with Gasteiger partial charge in [0.2, 0.25) is 0 Å². The number of aliphatic hydroxyl groups is 1. The van der Waals surface area contributed by atoms with Gasteiger partial charge in [-0.05, 0) is 35.8 Å². The Morgan fingerprint density at radius 3 is 2.35 bits per heavy atom. The van der Waals surface area contributed by atoms with Gasteiger partial charge < -0.3 is 10.8 Å². The Morgan fingerprint density at radius 2 is 1.85 bits per heavy atom. The zero-order valence-electron chi connectivity index (χ0n) is 13.1. The van der Waals surface area contributed by atoms with Crippen LogP contribution in [-0.2, 0) is 0 Å². The second-order valence-corrected chi connectivity index (χ2v) is 6.99. The zero-order chi connectivity index (χ0) is 14.8. The molecule has 1 aliphatic carbocycles. The van der Waals surface area contributed by atoms with Crippen LogP contribution in [0.15, 0.2) is 24.3 Å². The van der Waals surface area contributed by atoms with Gasteiger partial charge in [-0.15, -0.1) is 0 Å². The lowest BCUT2D eigenvalue weighted by Crippen LogP contribution is -2.40. The van der Waals surface area contributed by atoms with Crippen LogP contribution in [0.5, 0.6) is 0 Å². The second-order valence-electron chi connectivity index (χ2n) is 6.99. The van der Waals surface area contributed by atoms with Crippen LogP contribution < -0.4 is 5.73 Å². The van der Waals surface area contributed by atoms with Crippen molar-refractivity contribution >= 4 is 0 Å². The van der Waals surface area contributed by atoms with Crippen LogP contribution >= 0.6 is 0 Å². The normalized spacial score (nSPS) is 28.6. The van der Waals surface area contributed by atoms with E-state index in [2.05, 4.69) is 45.0 Å². The first-order chi connectivity index (χ1) is 9.48. The van der Waals surface area contributed by atoms with Gasteiger partial charge >= 0.3 is 0 Å². The summed E-state index contributed by atoms with van der Waals surface area (Å²) in [7, 11) is 0. The van der Waals surface area contributed by atoms with E-state index in [-0.39, 0.29) is 5.41 Å². The molecule has 0 radical (unpaired) electrons. The highest BCUT2D eigenvalue weighted by Gasteiger charge is 2.40. The molecular formula is C18H29NO. The number of aliphatic hydroxyl groups excluding tert-OH is 1. The van der Waals surface area contributed by atoms with E-state index < -0.39 is 6.10 Å². The monoisotopic (exact) mass is 275 g/mol. The molecule has 0 heterocycles. The van der Waals surface area contributed by atoms with Crippen molar-refractivity contribution in [3.63, 3.8) is 0 Å². The third kappa shape index (κ3) is 3.07. The van der Waals surface area contributed by atoms with Crippen molar-refractivity contribution < 1.29 is 5.11 Å². The lowest BCUT2D eigenvalue weighted by atomic mass is 9.65. The lowest BCUT2D eigenvalue weighted by Gasteiger charge is -2.43. The van der Waals surface area contributed by atoms with Gasteiger partial charge in [-0.2, -0.15) is 0 Å². The quantitative estimate of drug-likeness (QED) is 0.872. The maximum absolute atomic E-state index is 10.9. The Hall–Kier alpha value is -0.860. The summed E-state index contributed by atoms with van der Waals surface area (Å²) in [5, 5.41) is 10.9. The average molecular weight is 275 g/mol. The lowest BCUT2D eigenvalue weighted by molar-refractivity contribution is -0.0130. The Bertz CT molecular complexity index is 426. The Labute approximate surface area is 123 Å². The van der Waals surface area contributed by atoms with Crippen LogP contribution in [-0.4, -0.2) is 11.7 Å². The Balaban J connectivity index is 2.21. The van der Waals surface area contributed by atoms with Crippen molar-refractivity contribution in [1.29, 1.82) is 0 Å². The molecule has 0 spiro atoms. The topological polar surface area (TPSA) is 46.2 Å². The van der Waals surface area contributed by atoms with E-state index in [4.69, 9.17) is 5.73 Å². The second kappa shape index (κ2) is 6.28. The Kier molecular flexibility index (Phi) is 4.87. The van der Waals surface area contributed by atoms with E-state index >= 15 is 0 Å². The molecule has 2 nitrogen and oxygen atoms in total. The van der Waals surface area contributed by atoms with Gasteiger partial charge in [0.05, 0.1) is 6.10 Å². The molecule has 3 unspecified atom stereocenters. The molecule has 3 atom stereocenters. The molecule has 2 heteroatoms. The van der Waals surface area contributed by atoms with E-state index in [1.807, 2.05) is 0 Å². The fourth-order valence-corrected chi connectivity index (χ4v) is 3.66. The molecule has 0 bridgehead atoms. The zero-order valence-corrected chi connectivity index (χ0v) is 13.1. The fourth-order valence-electron chi connectivity index (χ4n) is 3.66. The van der Waals surface area contributed by atoms with Gasteiger partial charge in [0.15, 0.2) is 0 Å². The highest BCUT2D eigenvalue weighted by Crippen LogP contribution is 2.47. The standard InChI is InChI=1S/C18H29NO/c1-13(2)15-6-8-16(9-7-15)17(20)18(12-19)10-4-5-14(3)11-18/h6-9,13-14,17,20H,4-5,10-12,19H2,1-3H3. The minimum absolute atomic E-state index is 0.128. The first-order valence-corrected chi connectivity index (χ1v) is 7.96. The minimum atomic E-state index is -0.434. The number of hydrogen-bond donors (Lipinski definition) is 2. The van der Waals surface area contributed by atoms with Gasteiger partial charge in [0.25, 0.3) is 0 Å². The highest BCUT2D eigenvalue weighted by atomic mass is 16.3. The fraction of sp³-hybridized carbons (Fsp3) is 0.667. The van der Waals surface area contributed by atoms with Gasteiger partial charge in [0.1, 0.15) is 0 Å². The number of hydrogen-bond acceptors (Lipinski definition) is 2. The predicted octanol–water partition coefficient (Wildman–Crippen LogP) is 4.00. The van der Waals surface area contributed by atoms with Crippen molar-refractivity contribution in [2.75, 3.05) is 6.54 Å². The maximum atomic E-state index is 10.9. The summed E-state index contributed by atoms with van der Waals surface area (Å²) in [4.78, 5) is 0. The molecule has 1 fully saturated rings. The van der Waals surface area contributed by atoms with Crippen molar-refractivity contribution in [2.24, 2.45) is 17.1 Å². The van der Waals surface area contributed by atoms with Gasteiger partial charge in [-0.3, -0.25) is 0 Å². The molecule has 0 saturated heterocycles.